The van der Waals surface area contributed by atoms with Crippen molar-refractivity contribution in [3.8, 4) is 0 Å². The number of aliphatic hydroxyl groups excluding tert-OH is 1. The summed E-state index contributed by atoms with van der Waals surface area (Å²) >= 11 is 0. The largest absolute Gasteiger partial charge is 0.393 e. The highest BCUT2D eigenvalue weighted by molar-refractivity contribution is 5.82. The molecule has 1 saturated heterocycles. The topological polar surface area (TPSA) is 56.3 Å². The van der Waals surface area contributed by atoms with Gasteiger partial charge in [0, 0.05) is 18.3 Å². The molecule has 4 nitrogen and oxygen atoms in total. The van der Waals surface area contributed by atoms with Crippen molar-refractivity contribution < 1.29 is 9.50 Å². The molecular weight excluding hydrogens is 319 g/mol. The molecule has 4 rings (SSSR count). The Bertz CT molecular complexity index is 819. The van der Waals surface area contributed by atoms with E-state index in [4.69, 9.17) is 0 Å². The Morgan fingerprint density at radius 1 is 1.28 bits per heavy atom. The third-order valence-electron chi connectivity index (χ3n) is 5.83. The maximum atomic E-state index is 13.8. The molecule has 1 aromatic carbocycles. The van der Waals surface area contributed by atoms with Crippen LogP contribution in [0.15, 0.2) is 29.1 Å². The van der Waals surface area contributed by atoms with Crippen LogP contribution in [0.2, 0.25) is 0 Å². The summed E-state index contributed by atoms with van der Waals surface area (Å²) in [6.45, 7) is 2.12. The van der Waals surface area contributed by atoms with E-state index in [1.165, 1.54) is 12.5 Å². The van der Waals surface area contributed by atoms with E-state index in [1.54, 1.807) is 12.1 Å². The number of benzene rings is 1. The Balaban J connectivity index is 1.41. The number of nitrogens with one attached hydrogen (secondary N) is 1. The molecule has 2 aliphatic rings. The number of hydrogen-bond donors (Lipinski definition) is 2. The smallest absolute Gasteiger partial charge is 0.258 e. The number of aromatic nitrogens is 1. The second-order valence-electron chi connectivity index (χ2n) is 7.65. The molecule has 1 aromatic heterocycles. The van der Waals surface area contributed by atoms with E-state index in [1.807, 2.05) is 6.07 Å². The van der Waals surface area contributed by atoms with Crippen molar-refractivity contribution >= 4 is 10.8 Å². The zero-order valence-corrected chi connectivity index (χ0v) is 14.4. The minimum Gasteiger partial charge on any atom is -0.393 e. The highest BCUT2D eigenvalue weighted by Crippen LogP contribution is 2.34. The number of hydrogen-bond acceptors (Lipinski definition) is 3. The van der Waals surface area contributed by atoms with Gasteiger partial charge in [0.2, 0.25) is 0 Å². The van der Waals surface area contributed by atoms with E-state index in [9.17, 15) is 14.3 Å². The third-order valence-corrected chi connectivity index (χ3v) is 5.83. The molecule has 3 atom stereocenters. The molecular formula is C20H25FN2O2. The molecule has 3 unspecified atom stereocenters. The maximum Gasteiger partial charge on any atom is 0.258 e. The van der Waals surface area contributed by atoms with Gasteiger partial charge in [0.1, 0.15) is 5.82 Å². The van der Waals surface area contributed by atoms with Gasteiger partial charge in [0.15, 0.2) is 0 Å². The number of likely N-dealkylation sites (tertiary alicyclic amines) is 1. The Kier molecular flexibility index (Phi) is 4.61. The minimum absolute atomic E-state index is 0.143. The van der Waals surface area contributed by atoms with Crippen LogP contribution in [0.5, 0.6) is 0 Å². The second-order valence-corrected chi connectivity index (χ2v) is 7.65. The van der Waals surface area contributed by atoms with Crippen LogP contribution in [0.4, 0.5) is 4.39 Å². The van der Waals surface area contributed by atoms with Crippen LogP contribution in [0, 0.1) is 11.7 Å². The summed E-state index contributed by atoms with van der Waals surface area (Å²) in [6, 6.07) is 7.13. The highest BCUT2D eigenvalue weighted by Gasteiger charge is 2.35. The van der Waals surface area contributed by atoms with E-state index in [0.717, 1.165) is 56.8 Å². The SMILES string of the molecule is O=c1[nH]c(CCCN2CC3CCC(O)CC2C3)cc2cccc(F)c12. The lowest BCUT2D eigenvalue weighted by Gasteiger charge is -2.27. The van der Waals surface area contributed by atoms with Crippen LogP contribution in [0.3, 0.4) is 0 Å². The highest BCUT2D eigenvalue weighted by atomic mass is 19.1. The van der Waals surface area contributed by atoms with Gasteiger partial charge in [-0.1, -0.05) is 12.1 Å². The first kappa shape index (κ1) is 16.7. The zero-order valence-electron chi connectivity index (χ0n) is 14.4. The first-order valence-corrected chi connectivity index (χ1v) is 9.32. The van der Waals surface area contributed by atoms with E-state index in [2.05, 4.69) is 9.88 Å². The van der Waals surface area contributed by atoms with Crippen LogP contribution >= 0.6 is 0 Å². The van der Waals surface area contributed by atoms with Crippen molar-refractivity contribution in [1.82, 2.24) is 9.88 Å². The summed E-state index contributed by atoms with van der Waals surface area (Å²) < 4.78 is 13.8. The lowest BCUT2D eigenvalue weighted by molar-refractivity contribution is 0.105. The monoisotopic (exact) mass is 344 g/mol. The molecule has 1 aliphatic carbocycles. The molecule has 0 spiro atoms. The molecule has 2 N–H and O–H groups in total. The van der Waals surface area contributed by atoms with Crippen molar-refractivity contribution in [2.75, 3.05) is 13.1 Å². The van der Waals surface area contributed by atoms with Crippen LogP contribution in [-0.2, 0) is 6.42 Å². The zero-order chi connectivity index (χ0) is 17.4. The number of aromatic amines is 1. The third kappa shape index (κ3) is 3.48. The molecule has 0 amide bonds. The number of H-pyrrole nitrogens is 1. The summed E-state index contributed by atoms with van der Waals surface area (Å²) in [6.07, 6.45) is 5.77. The molecule has 1 aliphatic heterocycles. The number of aryl methyl sites for hydroxylation is 1. The van der Waals surface area contributed by atoms with Gasteiger partial charge >= 0.3 is 0 Å². The van der Waals surface area contributed by atoms with E-state index in [-0.39, 0.29) is 17.0 Å². The fraction of sp³-hybridized carbons (Fsp3) is 0.550. The first-order chi connectivity index (χ1) is 12.1. The Labute approximate surface area is 146 Å². The Morgan fingerprint density at radius 3 is 3.04 bits per heavy atom. The van der Waals surface area contributed by atoms with Crippen LogP contribution < -0.4 is 5.56 Å². The number of aliphatic hydroxyl groups is 1. The Morgan fingerprint density at radius 2 is 2.16 bits per heavy atom. The normalized spacial score (nSPS) is 26.9. The average molecular weight is 344 g/mol. The molecule has 134 valence electrons. The number of rotatable bonds is 4. The predicted molar refractivity (Wildman–Crippen MR) is 96.2 cm³/mol. The van der Waals surface area contributed by atoms with Gasteiger partial charge in [-0.25, -0.2) is 4.39 Å². The molecule has 25 heavy (non-hydrogen) atoms. The van der Waals surface area contributed by atoms with E-state index >= 15 is 0 Å². The van der Waals surface area contributed by atoms with Gasteiger partial charge in [-0.05, 0) is 68.5 Å². The van der Waals surface area contributed by atoms with Crippen molar-refractivity contribution in [1.29, 1.82) is 0 Å². The Hall–Kier alpha value is -1.72. The molecule has 2 fully saturated rings. The average Bonchev–Trinajstić information content (AvgIpc) is 2.83. The van der Waals surface area contributed by atoms with Crippen molar-refractivity contribution in [2.24, 2.45) is 5.92 Å². The van der Waals surface area contributed by atoms with Crippen LogP contribution in [0.1, 0.15) is 37.8 Å². The molecule has 2 bridgehead atoms. The summed E-state index contributed by atoms with van der Waals surface area (Å²) in [5.41, 5.74) is 0.518. The van der Waals surface area contributed by atoms with Gasteiger partial charge in [0.05, 0.1) is 11.5 Å². The fourth-order valence-electron chi connectivity index (χ4n) is 4.62. The summed E-state index contributed by atoms with van der Waals surface area (Å²) in [7, 11) is 0. The van der Waals surface area contributed by atoms with Crippen LogP contribution in [-0.4, -0.2) is 40.2 Å². The van der Waals surface area contributed by atoms with Gasteiger partial charge < -0.3 is 10.1 Å². The molecule has 2 heterocycles. The van der Waals surface area contributed by atoms with Gasteiger partial charge in [-0.15, -0.1) is 0 Å². The van der Waals surface area contributed by atoms with Crippen molar-refractivity contribution in [2.45, 2.75) is 50.7 Å². The predicted octanol–water partition coefficient (Wildman–Crippen LogP) is 2.84. The van der Waals surface area contributed by atoms with E-state index < -0.39 is 5.82 Å². The van der Waals surface area contributed by atoms with Gasteiger partial charge in [-0.3, -0.25) is 9.69 Å². The summed E-state index contributed by atoms with van der Waals surface area (Å²) in [4.78, 5) is 17.5. The fourth-order valence-corrected chi connectivity index (χ4v) is 4.62. The lowest BCUT2D eigenvalue weighted by atomic mass is 10.0. The quantitative estimate of drug-likeness (QED) is 0.897. The van der Waals surface area contributed by atoms with Gasteiger partial charge in [-0.2, -0.15) is 0 Å². The second kappa shape index (κ2) is 6.89. The number of halogens is 1. The van der Waals surface area contributed by atoms with Gasteiger partial charge in [0.25, 0.3) is 5.56 Å². The number of pyridine rings is 1. The van der Waals surface area contributed by atoms with Crippen molar-refractivity contribution in [3.63, 3.8) is 0 Å². The summed E-state index contributed by atoms with van der Waals surface area (Å²) in [5, 5.41) is 10.8. The number of fused-ring (bicyclic) bond motifs is 3. The van der Waals surface area contributed by atoms with Crippen molar-refractivity contribution in [3.05, 3.63) is 46.1 Å². The first-order valence-electron chi connectivity index (χ1n) is 9.32. The summed E-state index contributed by atoms with van der Waals surface area (Å²) in [5.74, 6) is 0.259. The molecule has 2 aromatic rings. The number of nitrogens with zero attached hydrogens (tertiary/aromatic N) is 1. The molecule has 0 radical (unpaired) electrons. The van der Waals surface area contributed by atoms with Crippen LogP contribution in [0.25, 0.3) is 10.8 Å². The molecule has 5 heteroatoms. The van der Waals surface area contributed by atoms with E-state index in [0.29, 0.717) is 11.4 Å². The minimum atomic E-state index is -0.468. The maximum absolute atomic E-state index is 13.8. The lowest BCUT2D eigenvalue weighted by Crippen LogP contribution is -2.34. The standard InChI is InChI=1S/C20H25FN2O2/c21-18-5-1-3-14-10-15(22-20(25)19(14)18)4-2-8-23-12-13-6-7-17(24)11-16(23)9-13/h1,3,5,10,13,16-17,24H,2,4,6-9,11-12H2,(H,22,25). The molecule has 1 saturated carbocycles.